The second kappa shape index (κ2) is 5.81. The third-order valence-corrected chi connectivity index (χ3v) is 3.98. The van der Waals surface area contributed by atoms with Crippen molar-refractivity contribution in [2.24, 2.45) is 5.41 Å². The molecule has 0 aromatic carbocycles. The third kappa shape index (κ3) is 3.30. The number of rotatable bonds is 5. The summed E-state index contributed by atoms with van der Waals surface area (Å²) in [5.74, 6) is 0. The van der Waals surface area contributed by atoms with Gasteiger partial charge in [-0.3, -0.25) is 9.88 Å². The number of nitrogens with zero attached hydrogens (tertiary/aromatic N) is 2. The summed E-state index contributed by atoms with van der Waals surface area (Å²) in [4.78, 5) is 6.83. The van der Waals surface area contributed by atoms with Gasteiger partial charge in [0.2, 0.25) is 0 Å². The normalized spacial score (nSPS) is 18.4. The number of aliphatic hydroxyl groups excluding tert-OH is 1. The zero-order valence-corrected chi connectivity index (χ0v) is 11.5. The van der Waals surface area contributed by atoms with E-state index in [0.717, 1.165) is 37.3 Å². The van der Waals surface area contributed by atoms with Crippen LogP contribution in [0.1, 0.15) is 37.1 Å². The average Bonchev–Trinajstić information content (AvgIpc) is 2.78. The lowest BCUT2D eigenvalue weighted by molar-refractivity contribution is 0.0859. The molecule has 3 heteroatoms. The van der Waals surface area contributed by atoms with Gasteiger partial charge in [-0.25, -0.2) is 0 Å². The molecule has 2 rings (SSSR count). The molecular weight excluding hydrogens is 224 g/mol. The molecule has 100 valence electrons. The summed E-state index contributed by atoms with van der Waals surface area (Å²) in [5.41, 5.74) is 2.32. The predicted molar refractivity (Wildman–Crippen MR) is 73.3 cm³/mol. The number of aliphatic hydroxyl groups is 1. The summed E-state index contributed by atoms with van der Waals surface area (Å²) < 4.78 is 0. The highest BCUT2D eigenvalue weighted by molar-refractivity contribution is 5.09. The summed E-state index contributed by atoms with van der Waals surface area (Å²) in [7, 11) is 2.12. The highest BCUT2D eigenvalue weighted by atomic mass is 16.3. The van der Waals surface area contributed by atoms with E-state index in [0.29, 0.717) is 6.61 Å². The van der Waals surface area contributed by atoms with Crippen molar-refractivity contribution >= 4 is 0 Å². The Morgan fingerprint density at radius 2 is 2.06 bits per heavy atom. The number of aryl methyl sites for hydroxylation is 1. The molecule has 0 bridgehead atoms. The zero-order valence-electron chi connectivity index (χ0n) is 11.5. The van der Waals surface area contributed by atoms with Gasteiger partial charge in [-0.2, -0.15) is 0 Å². The number of hydrogen-bond donors (Lipinski definition) is 1. The van der Waals surface area contributed by atoms with E-state index < -0.39 is 0 Å². The van der Waals surface area contributed by atoms with Crippen LogP contribution >= 0.6 is 0 Å². The molecule has 0 amide bonds. The monoisotopic (exact) mass is 248 g/mol. The Balaban J connectivity index is 1.93. The van der Waals surface area contributed by atoms with Crippen molar-refractivity contribution in [2.75, 3.05) is 20.2 Å². The maximum Gasteiger partial charge on any atom is 0.0547 e. The van der Waals surface area contributed by atoms with Crippen LogP contribution < -0.4 is 0 Å². The molecule has 1 aliphatic rings. The van der Waals surface area contributed by atoms with Gasteiger partial charge in [-0.05, 0) is 38.9 Å². The van der Waals surface area contributed by atoms with Gasteiger partial charge < -0.3 is 5.11 Å². The van der Waals surface area contributed by atoms with E-state index in [1.165, 1.54) is 12.8 Å². The van der Waals surface area contributed by atoms with E-state index in [1.807, 2.05) is 13.0 Å². The quantitative estimate of drug-likeness (QED) is 0.869. The molecule has 18 heavy (non-hydrogen) atoms. The Morgan fingerprint density at radius 3 is 2.67 bits per heavy atom. The lowest BCUT2D eigenvalue weighted by Crippen LogP contribution is -2.36. The highest BCUT2D eigenvalue weighted by Gasteiger charge is 2.34. The van der Waals surface area contributed by atoms with Gasteiger partial charge in [0.15, 0.2) is 0 Å². The first-order valence-electron chi connectivity index (χ1n) is 6.85. The minimum Gasteiger partial charge on any atom is -0.396 e. The Labute approximate surface area is 110 Å². The van der Waals surface area contributed by atoms with E-state index in [2.05, 4.69) is 29.1 Å². The molecule has 0 atom stereocenters. The third-order valence-electron chi connectivity index (χ3n) is 3.98. The first kappa shape index (κ1) is 13.5. The van der Waals surface area contributed by atoms with Crippen LogP contribution in [0.25, 0.3) is 0 Å². The van der Waals surface area contributed by atoms with Gasteiger partial charge >= 0.3 is 0 Å². The molecule has 0 unspecified atom stereocenters. The Morgan fingerprint density at radius 1 is 1.33 bits per heavy atom. The maximum absolute atomic E-state index is 9.63. The van der Waals surface area contributed by atoms with Crippen LogP contribution in [0.2, 0.25) is 0 Å². The van der Waals surface area contributed by atoms with Gasteiger partial charge in [0, 0.05) is 30.8 Å². The van der Waals surface area contributed by atoms with E-state index in [-0.39, 0.29) is 5.41 Å². The van der Waals surface area contributed by atoms with Crippen molar-refractivity contribution in [1.29, 1.82) is 0 Å². The SMILES string of the molecule is Cc1cccc(CN(C)CC2(CO)CCCC2)n1. The zero-order chi connectivity index (χ0) is 13.0. The Bertz CT molecular complexity index is 386. The molecule has 0 spiro atoms. The van der Waals surface area contributed by atoms with Gasteiger partial charge in [-0.15, -0.1) is 0 Å². The van der Waals surface area contributed by atoms with Crippen LogP contribution in [-0.2, 0) is 6.54 Å². The van der Waals surface area contributed by atoms with Crippen LogP contribution in [-0.4, -0.2) is 35.2 Å². The summed E-state index contributed by atoms with van der Waals surface area (Å²) >= 11 is 0. The van der Waals surface area contributed by atoms with Crippen molar-refractivity contribution < 1.29 is 5.11 Å². The van der Waals surface area contributed by atoms with Gasteiger partial charge in [0.1, 0.15) is 0 Å². The number of aromatic nitrogens is 1. The topological polar surface area (TPSA) is 36.4 Å². The van der Waals surface area contributed by atoms with E-state index >= 15 is 0 Å². The van der Waals surface area contributed by atoms with Crippen molar-refractivity contribution in [3.05, 3.63) is 29.6 Å². The summed E-state index contributed by atoms with van der Waals surface area (Å²) in [5, 5.41) is 9.63. The summed E-state index contributed by atoms with van der Waals surface area (Å²) in [6.07, 6.45) is 4.85. The molecule has 1 aromatic heterocycles. The number of pyridine rings is 1. The average molecular weight is 248 g/mol. The molecule has 1 saturated carbocycles. The first-order chi connectivity index (χ1) is 8.63. The Kier molecular flexibility index (Phi) is 4.36. The molecule has 0 aliphatic heterocycles. The molecule has 1 aliphatic carbocycles. The fourth-order valence-electron chi connectivity index (χ4n) is 3.08. The summed E-state index contributed by atoms with van der Waals surface area (Å²) in [6.45, 7) is 4.18. The van der Waals surface area contributed by atoms with Crippen molar-refractivity contribution in [3.8, 4) is 0 Å². The van der Waals surface area contributed by atoms with E-state index in [1.54, 1.807) is 0 Å². The van der Waals surface area contributed by atoms with Crippen LogP contribution in [0.4, 0.5) is 0 Å². The molecule has 1 N–H and O–H groups in total. The predicted octanol–water partition coefficient (Wildman–Crippen LogP) is 2.37. The highest BCUT2D eigenvalue weighted by Crippen LogP contribution is 2.38. The van der Waals surface area contributed by atoms with Gasteiger partial charge in [0.25, 0.3) is 0 Å². The summed E-state index contributed by atoms with van der Waals surface area (Å²) in [6, 6.07) is 6.16. The molecule has 0 radical (unpaired) electrons. The minimum atomic E-state index is 0.137. The van der Waals surface area contributed by atoms with Crippen LogP contribution in [0.15, 0.2) is 18.2 Å². The van der Waals surface area contributed by atoms with Crippen molar-refractivity contribution in [2.45, 2.75) is 39.2 Å². The molecule has 0 saturated heterocycles. The smallest absolute Gasteiger partial charge is 0.0547 e. The standard InChI is InChI=1S/C15H24N2O/c1-13-6-5-7-14(16-13)10-17(2)11-15(12-18)8-3-4-9-15/h5-7,18H,3-4,8-12H2,1-2H3. The lowest BCUT2D eigenvalue weighted by Gasteiger charge is -2.31. The van der Waals surface area contributed by atoms with Crippen molar-refractivity contribution in [3.63, 3.8) is 0 Å². The molecule has 3 nitrogen and oxygen atoms in total. The van der Waals surface area contributed by atoms with E-state index in [9.17, 15) is 5.11 Å². The van der Waals surface area contributed by atoms with Gasteiger partial charge in [-0.1, -0.05) is 18.9 Å². The molecular formula is C15H24N2O. The Hall–Kier alpha value is -0.930. The van der Waals surface area contributed by atoms with Crippen LogP contribution in [0, 0.1) is 12.3 Å². The van der Waals surface area contributed by atoms with E-state index in [4.69, 9.17) is 0 Å². The maximum atomic E-state index is 9.63. The fourth-order valence-corrected chi connectivity index (χ4v) is 3.08. The second-order valence-corrected chi connectivity index (χ2v) is 5.81. The fraction of sp³-hybridized carbons (Fsp3) is 0.667. The number of hydrogen-bond acceptors (Lipinski definition) is 3. The van der Waals surface area contributed by atoms with Crippen LogP contribution in [0.3, 0.4) is 0 Å². The van der Waals surface area contributed by atoms with Crippen molar-refractivity contribution in [1.82, 2.24) is 9.88 Å². The van der Waals surface area contributed by atoms with Gasteiger partial charge in [0.05, 0.1) is 5.69 Å². The second-order valence-electron chi connectivity index (χ2n) is 5.81. The molecule has 1 fully saturated rings. The first-order valence-corrected chi connectivity index (χ1v) is 6.85. The van der Waals surface area contributed by atoms with Crippen LogP contribution in [0.5, 0.6) is 0 Å². The minimum absolute atomic E-state index is 0.137. The molecule has 1 aromatic rings. The largest absolute Gasteiger partial charge is 0.396 e. The molecule has 1 heterocycles. The lowest BCUT2D eigenvalue weighted by atomic mass is 9.86.